The molecule has 8 heteroatoms. The molecule has 2 heterocycles. The van der Waals surface area contributed by atoms with Gasteiger partial charge in [0.1, 0.15) is 0 Å². The molecule has 0 radical (unpaired) electrons. The predicted octanol–water partition coefficient (Wildman–Crippen LogP) is -1.04. The van der Waals surface area contributed by atoms with Crippen LogP contribution in [0.3, 0.4) is 0 Å². The Hall–Kier alpha value is -2.51. The van der Waals surface area contributed by atoms with Crippen molar-refractivity contribution >= 4 is 29.6 Å². The van der Waals surface area contributed by atoms with Crippen molar-refractivity contribution < 1.29 is 28.8 Å². The van der Waals surface area contributed by atoms with Gasteiger partial charge in [0.15, 0.2) is 0 Å². The van der Waals surface area contributed by atoms with E-state index in [1.807, 2.05) is 5.32 Å². The van der Waals surface area contributed by atoms with E-state index < -0.39 is 29.6 Å². The number of amides is 4. The summed E-state index contributed by atoms with van der Waals surface area (Å²) in [7, 11) is 0. The summed E-state index contributed by atoms with van der Waals surface area (Å²) in [5.41, 5.74) is 0.168. The van der Waals surface area contributed by atoms with Crippen molar-refractivity contribution in [1.29, 1.82) is 0 Å². The largest absolute Gasteiger partial charge is 0.333 e. The summed E-state index contributed by atoms with van der Waals surface area (Å²) in [5.74, 6) is -3.02. The van der Waals surface area contributed by atoms with Crippen LogP contribution in [0.25, 0.3) is 0 Å². The lowest BCUT2D eigenvalue weighted by Crippen LogP contribution is -2.32. The first-order valence-corrected chi connectivity index (χ1v) is 5.60. The zero-order valence-corrected chi connectivity index (χ0v) is 9.80. The lowest BCUT2D eigenvalue weighted by atomic mass is 10.1. The molecule has 2 aliphatic rings. The topological polar surface area (TPSA) is 110 Å². The van der Waals surface area contributed by atoms with Crippen LogP contribution in [-0.2, 0) is 28.8 Å². The van der Waals surface area contributed by atoms with E-state index in [9.17, 15) is 24.0 Å². The van der Waals surface area contributed by atoms with Gasteiger partial charge in [0.25, 0.3) is 23.6 Å². The summed E-state index contributed by atoms with van der Waals surface area (Å²) in [6, 6.07) is 0. The van der Waals surface area contributed by atoms with Crippen LogP contribution in [-0.4, -0.2) is 34.7 Å². The zero-order valence-electron chi connectivity index (χ0n) is 9.80. The predicted molar refractivity (Wildman–Crippen MR) is 57.6 cm³/mol. The molecule has 0 unspecified atom stereocenters. The summed E-state index contributed by atoms with van der Waals surface area (Å²) in [6.45, 7) is 0. The van der Waals surface area contributed by atoms with E-state index in [0.29, 0.717) is 5.06 Å². The molecule has 0 spiro atoms. The molecule has 1 saturated heterocycles. The summed E-state index contributed by atoms with van der Waals surface area (Å²) < 4.78 is 0. The number of nitrogens with zero attached hydrogens (tertiary/aromatic N) is 1. The lowest BCUT2D eigenvalue weighted by molar-refractivity contribution is -0.197. The second-order valence-electron chi connectivity index (χ2n) is 4.03. The minimum atomic E-state index is -0.809. The van der Waals surface area contributed by atoms with Crippen LogP contribution >= 0.6 is 0 Å². The van der Waals surface area contributed by atoms with Gasteiger partial charge >= 0.3 is 5.97 Å². The van der Waals surface area contributed by atoms with Gasteiger partial charge in [0.2, 0.25) is 0 Å². The number of hydroxylamine groups is 2. The second-order valence-corrected chi connectivity index (χ2v) is 4.03. The molecular weight excluding hydrogens is 256 g/mol. The molecule has 4 amide bonds. The van der Waals surface area contributed by atoms with Crippen LogP contribution in [0.15, 0.2) is 11.6 Å². The Kier molecular flexibility index (Phi) is 3.41. The molecule has 1 N–H and O–H groups in total. The normalized spacial score (nSPS) is 18.7. The molecule has 0 aromatic rings. The Labute approximate surface area is 107 Å². The van der Waals surface area contributed by atoms with Gasteiger partial charge in [0, 0.05) is 24.5 Å². The molecule has 0 atom stereocenters. The quantitative estimate of drug-likeness (QED) is 0.650. The summed E-state index contributed by atoms with van der Waals surface area (Å²) in [5, 5.41) is 2.48. The van der Waals surface area contributed by atoms with Gasteiger partial charge in [-0.1, -0.05) is 0 Å². The van der Waals surface area contributed by atoms with Crippen molar-refractivity contribution in [3.63, 3.8) is 0 Å². The van der Waals surface area contributed by atoms with Crippen molar-refractivity contribution in [3.05, 3.63) is 11.6 Å². The van der Waals surface area contributed by atoms with Crippen molar-refractivity contribution in [2.75, 3.05) is 0 Å². The van der Waals surface area contributed by atoms with Gasteiger partial charge in [-0.25, -0.2) is 4.79 Å². The third-order valence-electron chi connectivity index (χ3n) is 2.63. The molecule has 0 aromatic carbocycles. The fourth-order valence-corrected chi connectivity index (χ4v) is 1.68. The van der Waals surface area contributed by atoms with E-state index in [-0.39, 0.29) is 31.3 Å². The van der Waals surface area contributed by atoms with Crippen LogP contribution in [0.1, 0.15) is 25.7 Å². The van der Waals surface area contributed by atoms with Gasteiger partial charge in [0.05, 0.1) is 6.42 Å². The van der Waals surface area contributed by atoms with Crippen molar-refractivity contribution in [2.45, 2.75) is 25.7 Å². The van der Waals surface area contributed by atoms with Crippen molar-refractivity contribution in [2.24, 2.45) is 0 Å². The lowest BCUT2D eigenvalue weighted by Gasteiger charge is -2.12. The number of rotatable bonds is 4. The highest BCUT2D eigenvalue weighted by Crippen LogP contribution is 2.15. The molecule has 0 saturated carbocycles. The van der Waals surface area contributed by atoms with E-state index >= 15 is 0 Å². The SMILES string of the molecule is O=C1C=C(CCC(=O)ON2C(=O)CCC2=O)C(=O)N1. The number of imide groups is 2. The Bertz CT molecular complexity index is 505. The van der Waals surface area contributed by atoms with E-state index in [0.717, 1.165) is 6.08 Å². The van der Waals surface area contributed by atoms with Crippen LogP contribution in [0.5, 0.6) is 0 Å². The number of carbonyl (C=O) groups excluding carboxylic acids is 5. The first-order valence-electron chi connectivity index (χ1n) is 5.60. The Morgan fingerprint density at radius 1 is 1.21 bits per heavy atom. The zero-order chi connectivity index (χ0) is 14.0. The van der Waals surface area contributed by atoms with Gasteiger partial charge in [-0.2, -0.15) is 0 Å². The molecular formula is C11H10N2O6. The Morgan fingerprint density at radius 2 is 1.84 bits per heavy atom. The smallest absolute Gasteiger partial charge is 0.330 e. The maximum atomic E-state index is 11.4. The average Bonchev–Trinajstić information content (AvgIpc) is 2.83. The molecule has 0 aliphatic carbocycles. The highest BCUT2D eigenvalue weighted by Gasteiger charge is 2.33. The number of hydrogen-bond acceptors (Lipinski definition) is 6. The van der Waals surface area contributed by atoms with Gasteiger partial charge in [-0.15, -0.1) is 5.06 Å². The molecule has 19 heavy (non-hydrogen) atoms. The standard InChI is InChI=1S/C11H10N2O6/c14-7-5-6(11(18)12-7)1-4-10(17)19-13-8(15)2-3-9(13)16/h5H,1-4H2,(H,12,14,18). The van der Waals surface area contributed by atoms with E-state index in [4.69, 9.17) is 0 Å². The first kappa shape index (κ1) is 12.9. The number of nitrogens with one attached hydrogen (secondary N) is 1. The molecule has 0 aromatic heterocycles. The maximum Gasteiger partial charge on any atom is 0.333 e. The molecule has 8 nitrogen and oxygen atoms in total. The highest BCUT2D eigenvalue weighted by atomic mass is 16.7. The van der Waals surface area contributed by atoms with Crippen LogP contribution in [0, 0.1) is 0 Å². The van der Waals surface area contributed by atoms with Crippen molar-refractivity contribution in [3.8, 4) is 0 Å². The number of carbonyl (C=O) groups is 5. The monoisotopic (exact) mass is 266 g/mol. The summed E-state index contributed by atoms with van der Waals surface area (Å²) in [4.78, 5) is 60.4. The van der Waals surface area contributed by atoms with Gasteiger partial charge < -0.3 is 4.84 Å². The van der Waals surface area contributed by atoms with Crippen LogP contribution in [0.4, 0.5) is 0 Å². The number of hydrogen-bond donors (Lipinski definition) is 1. The second kappa shape index (κ2) is 5.01. The van der Waals surface area contributed by atoms with Gasteiger partial charge in [-0.05, 0) is 6.42 Å². The minimum absolute atomic E-state index is 0.00658. The maximum absolute atomic E-state index is 11.4. The van der Waals surface area contributed by atoms with Crippen molar-refractivity contribution in [1.82, 2.24) is 10.4 Å². The highest BCUT2D eigenvalue weighted by molar-refractivity contribution is 6.16. The third kappa shape index (κ3) is 2.84. The van der Waals surface area contributed by atoms with E-state index in [1.165, 1.54) is 0 Å². The summed E-state index contributed by atoms with van der Waals surface area (Å²) >= 11 is 0. The minimum Gasteiger partial charge on any atom is -0.330 e. The molecule has 0 bridgehead atoms. The van der Waals surface area contributed by atoms with Crippen LogP contribution in [0.2, 0.25) is 0 Å². The summed E-state index contributed by atoms with van der Waals surface area (Å²) in [6.07, 6.45) is 0.945. The molecule has 2 aliphatic heterocycles. The average molecular weight is 266 g/mol. The molecule has 1 fully saturated rings. The van der Waals surface area contributed by atoms with Crippen LogP contribution < -0.4 is 5.32 Å². The fourth-order valence-electron chi connectivity index (χ4n) is 1.68. The fraction of sp³-hybridized carbons (Fsp3) is 0.364. The first-order chi connectivity index (χ1) is 8.97. The Morgan fingerprint density at radius 3 is 2.37 bits per heavy atom. The molecule has 2 rings (SSSR count). The van der Waals surface area contributed by atoms with Gasteiger partial charge in [-0.3, -0.25) is 24.5 Å². The molecule has 100 valence electrons. The third-order valence-corrected chi connectivity index (χ3v) is 2.63. The Balaban J connectivity index is 1.84. The van der Waals surface area contributed by atoms with E-state index in [2.05, 4.69) is 4.84 Å². The van der Waals surface area contributed by atoms with E-state index in [1.54, 1.807) is 0 Å².